The molecule has 1 aromatic heterocycles. The molecular weight excluding hydrogens is 220 g/mol. The van der Waals surface area contributed by atoms with Gasteiger partial charge in [-0.3, -0.25) is 4.79 Å². The van der Waals surface area contributed by atoms with Gasteiger partial charge < -0.3 is 15.7 Å². The number of primary amides is 1. The number of amides is 1. The number of carbonyl (C=O) groups excluding carboxylic acids is 1. The largest absolute Gasteiger partial charge is 0.388 e. The third-order valence-corrected chi connectivity index (χ3v) is 3.05. The zero-order chi connectivity index (χ0) is 12.3. The molecule has 0 saturated carbocycles. The van der Waals surface area contributed by atoms with Crippen LogP contribution in [0.15, 0.2) is 12.3 Å². The van der Waals surface area contributed by atoms with Crippen LogP contribution in [0.4, 0.5) is 5.82 Å². The second kappa shape index (κ2) is 5.09. The highest BCUT2D eigenvalue weighted by atomic mass is 16.3. The van der Waals surface area contributed by atoms with Crippen molar-refractivity contribution < 1.29 is 9.90 Å². The maximum atomic E-state index is 11.0. The minimum atomic E-state index is -0.219. The van der Waals surface area contributed by atoms with Gasteiger partial charge in [-0.15, -0.1) is 0 Å². The molecule has 1 aromatic rings. The predicted molar refractivity (Wildman–Crippen MR) is 62.1 cm³/mol. The summed E-state index contributed by atoms with van der Waals surface area (Å²) in [6, 6.07) is 1.81. The van der Waals surface area contributed by atoms with Crippen LogP contribution in [0.3, 0.4) is 0 Å². The molecule has 6 nitrogen and oxygen atoms in total. The van der Waals surface area contributed by atoms with Crippen LogP contribution in [0.2, 0.25) is 0 Å². The molecule has 1 saturated heterocycles. The van der Waals surface area contributed by atoms with Crippen molar-refractivity contribution in [1.82, 2.24) is 9.97 Å². The second-order valence-corrected chi connectivity index (χ2v) is 4.15. The molecule has 1 fully saturated rings. The zero-order valence-electron chi connectivity index (χ0n) is 9.54. The van der Waals surface area contributed by atoms with Crippen LogP contribution in [0.5, 0.6) is 0 Å². The van der Waals surface area contributed by atoms with Gasteiger partial charge in [-0.2, -0.15) is 0 Å². The topological polar surface area (TPSA) is 92.3 Å². The minimum Gasteiger partial charge on any atom is -0.388 e. The lowest BCUT2D eigenvalue weighted by molar-refractivity contribution is -0.122. The van der Waals surface area contributed by atoms with Crippen molar-refractivity contribution in [3.63, 3.8) is 0 Å². The molecular formula is C11H16N4O2. The van der Waals surface area contributed by atoms with E-state index in [4.69, 9.17) is 10.8 Å². The summed E-state index contributed by atoms with van der Waals surface area (Å²) in [7, 11) is 0. The third kappa shape index (κ3) is 2.71. The summed E-state index contributed by atoms with van der Waals surface area (Å²) in [6.45, 7) is 1.36. The van der Waals surface area contributed by atoms with Gasteiger partial charge in [0.25, 0.3) is 0 Å². The maximum Gasteiger partial charge on any atom is 0.220 e. The Labute approximate surface area is 99.5 Å². The van der Waals surface area contributed by atoms with Crippen LogP contribution in [0.1, 0.15) is 18.7 Å². The Bertz CT molecular complexity index is 402. The van der Waals surface area contributed by atoms with E-state index in [9.17, 15) is 4.79 Å². The summed E-state index contributed by atoms with van der Waals surface area (Å²) in [4.78, 5) is 21.3. The van der Waals surface area contributed by atoms with E-state index in [2.05, 4.69) is 14.9 Å². The average molecular weight is 236 g/mol. The molecule has 0 spiro atoms. The summed E-state index contributed by atoms with van der Waals surface area (Å²) < 4.78 is 0. The Kier molecular flexibility index (Phi) is 3.53. The highest BCUT2D eigenvalue weighted by molar-refractivity contribution is 5.76. The van der Waals surface area contributed by atoms with Crippen molar-refractivity contribution in [3.05, 3.63) is 18.1 Å². The number of anilines is 1. The van der Waals surface area contributed by atoms with Gasteiger partial charge in [0, 0.05) is 25.2 Å². The lowest BCUT2D eigenvalue weighted by Crippen LogP contribution is -2.39. The van der Waals surface area contributed by atoms with Gasteiger partial charge in [0.1, 0.15) is 12.4 Å². The molecule has 0 unspecified atom stereocenters. The lowest BCUT2D eigenvalue weighted by atomic mass is 9.96. The lowest BCUT2D eigenvalue weighted by Gasteiger charge is -2.31. The summed E-state index contributed by atoms with van der Waals surface area (Å²) in [5.74, 6) is 0.972. The summed E-state index contributed by atoms with van der Waals surface area (Å²) >= 11 is 0. The molecule has 2 heterocycles. The molecule has 6 heteroatoms. The highest BCUT2D eigenvalue weighted by Crippen LogP contribution is 2.21. The fraction of sp³-hybridized carbons (Fsp3) is 0.545. The van der Waals surface area contributed by atoms with Gasteiger partial charge in [0.15, 0.2) is 5.82 Å². The molecule has 0 atom stereocenters. The first-order chi connectivity index (χ1) is 8.20. The van der Waals surface area contributed by atoms with Crippen molar-refractivity contribution in [3.8, 4) is 0 Å². The third-order valence-electron chi connectivity index (χ3n) is 3.05. The molecule has 1 aliphatic heterocycles. The van der Waals surface area contributed by atoms with Gasteiger partial charge in [-0.1, -0.05) is 0 Å². The highest BCUT2D eigenvalue weighted by Gasteiger charge is 2.23. The SMILES string of the molecule is NC(=O)C1CCN(c2ccnc(CO)n2)CC1. The number of hydrogen-bond donors (Lipinski definition) is 2. The first-order valence-corrected chi connectivity index (χ1v) is 5.67. The van der Waals surface area contributed by atoms with E-state index < -0.39 is 0 Å². The smallest absolute Gasteiger partial charge is 0.220 e. The van der Waals surface area contributed by atoms with Crippen LogP contribution in [0.25, 0.3) is 0 Å². The summed E-state index contributed by atoms with van der Waals surface area (Å²) in [6.07, 6.45) is 3.15. The number of rotatable bonds is 3. The molecule has 0 bridgehead atoms. The van der Waals surface area contributed by atoms with E-state index in [1.807, 2.05) is 6.07 Å². The average Bonchev–Trinajstić information content (AvgIpc) is 2.39. The quantitative estimate of drug-likeness (QED) is 0.749. The van der Waals surface area contributed by atoms with Gasteiger partial charge >= 0.3 is 0 Å². The van der Waals surface area contributed by atoms with E-state index in [0.717, 1.165) is 31.7 Å². The predicted octanol–water partition coefficient (Wildman–Crippen LogP) is -0.329. The second-order valence-electron chi connectivity index (χ2n) is 4.15. The maximum absolute atomic E-state index is 11.0. The van der Waals surface area contributed by atoms with Gasteiger partial charge in [-0.25, -0.2) is 9.97 Å². The standard InChI is InChI=1S/C11H16N4O2/c12-11(17)8-2-5-15(6-3-8)10-1-4-13-9(7-16)14-10/h1,4,8,16H,2-3,5-7H2,(H2,12,17). The van der Waals surface area contributed by atoms with E-state index in [1.54, 1.807) is 6.20 Å². The molecule has 92 valence electrons. The number of nitrogens with two attached hydrogens (primary N) is 1. The zero-order valence-corrected chi connectivity index (χ0v) is 9.54. The van der Waals surface area contributed by atoms with E-state index >= 15 is 0 Å². The summed E-state index contributed by atoms with van der Waals surface area (Å²) in [5.41, 5.74) is 5.28. The number of aromatic nitrogens is 2. The number of aliphatic hydroxyl groups is 1. The van der Waals surface area contributed by atoms with E-state index in [-0.39, 0.29) is 18.4 Å². The van der Waals surface area contributed by atoms with E-state index in [1.165, 1.54) is 0 Å². The Morgan fingerprint density at radius 2 is 2.24 bits per heavy atom. The van der Waals surface area contributed by atoms with Crippen molar-refractivity contribution in [1.29, 1.82) is 0 Å². The van der Waals surface area contributed by atoms with Crippen LogP contribution in [0, 0.1) is 5.92 Å². The monoisotopic (exact) mass is 236 g/mol. The van der Waals surface area contributed by atoms with Gasteiger partial charge in [0.2, 0.25) is 5.91 Å². The van der Waals surface area contributed by atoms with Crippen molar-refractivity contribution in [2.75, 3.05) is 18.0 Å². The Morgan fingerprint density at radius 3 is 2.82 bits per heavy atom. The van der Waals surface area contributed by atoms with Crippen molar-refractivity contribution >= 4 is 11.7 Å². The van der Waals surface area contributed by atoms with Crippen LogP contribution in [-0.4, -0.2) is 34.1 Å². The normalized spacial score (nSPS) is 17.1. The van der Waals surface area contributed by atoms with Crippen LogP contribution < -0.4 is 10.6 Å². The Hall–Kier alpha value is -1.69. The van der Waals surface area contributed by atoms with E-state index in [0.29, 0.717) is 5.82 Å². The molecule has 17 heavy (non-hydrogen) atoms. The molecule has 0 radical (unpaired) electrons. The fourth-order valence-electron chi connectivity index (χ4n) is 2.03. The number of piperidine rings is 1. The minimum absolute atomic E-state index is 0.0228. The fourth-order valence-corrected chi connectivity index (χ4v) is 2.03. The van der Waals surface area contributed by atoms with Crippen molar-refractivity contribution in [2.24, 2.45) is 11.7 Å². The number of carbonyl (C=O) groups is 1. The molecule has 0 aromatic carbocycles. The number of aliphatic hydroxyl groups excluding tert-OH is 1. The van der Waals surface area contributed by atoms with Gasteiger partial charge in [0.05, 0.1) is 0 Å². The molecule has 3 N–H and O–H groups in total. The molecule has 2 rings (SSSR count). The first kappa shape index (κ1) is 11.8. The van der Waals surface area contributed by atoms with Crippen LogP contribution >= 0.6 is 0 Å². The van der Waals surface area contributed by atoms with Gasteiger partial charge in [-0.05, 0) is 18.9 Å². The summed E-state index contributed by atoms with van der Waals surface area (Å²) in [5, 5.41) is 8.97. The first-order valence-electron chi connectivity index (χ1n) is 5.67. The molecule has 0 aliphatic carbocycles. The number of hydrogen-bond acceptors (Lipinski definition) is 5. The Morgan fingerprint density at radius 1 is 1.53 bits per heavy atom. The molecule has 1 amide bonds. The van der Waals surface area contributed by atoms with Crippen molar-refractivity contribution in [2.45, 2.75) is 19.4 Å². The Balaban J connectivity index is 2.02. The van der Waals surface area contributed by atoms with Crippen LogP contribution in [-0.2, 0) is 11.4 Å². The molecule has 1 aliphatic rings. The number of nitrogens with zero attached hydrogens (tertiary/aromatic N) is 3.